The molecule has 0 saturated heterocycles. The zero-order valence-electron chi connectivity index (χ0n) is 21.7. The van der Waals surface area contributed by atoms with Crippen molar-refractivity contribution < 1.29 is 19.1 Å². The van der Waals surface area contributed by atoms with Crippen LogP contribution in [0, 0.1) is 5.92 Å². The highest BCUT2D eigenvalue weighted by Crippen LogP contribution is 2.50. The van der Waals surface area contributed by atoms with Crippen molar-refractivity contribution in [2.45, 2.75) is 31.4 Å². The number of hydrogen-bond donors (Lipinski definition) is 2. The molecular formula is C31H31N3O4. The monoisotopic (exact) mass is 509 g/mol. The zero-order chi connectivity index (χ0) is 26.6. The molecule has 1 unspecified atom stereocenters. The van der Waals surface area contributed by atoms with Crippen LogP contribution in [0.2, 0.25) is 0 Å². The fourth-order valence-corrected chi connectivity index (χ4v) is 5.38. The van der Waals surface area contributed by atoms with E-state index in [1.165, 1.54) is 19.8 Å². The molecule has 0 saturated carbocycles. The molecule has 194 valence electrons. The lowest BCUT2D eigenvalue weighted by Gasteiger charge is -2.37. The Bertz CT molecular complexity index is 1380. The van der Waals surface area contributed by atoms with E-state index in [2.05, 4.69) is 40.1 Å². The van der Waals surface area contributed by atoms with Crippen molar-refractivity contribution in [1.82, 2.24) is 5.43 Å². The molecule has 38 heavy (non-hydrogen) atoms. The molecule has 7 heteroatoms. The summed E-state index contributed by atoms with van der Waals surface area (Å²) < 4.78 is 10.2. The summed E-state index contributed by atoms with van der Waals surface area (Å²) in [5.74, 6) is -0.0446. The molecule has 1 aliphatic carbocycles. The number of methoxy groups -OCH3 is 2. The van der Waals surface area contributed by atoms with E-state index in [-0.39, 0.29) is 23.8 Å². The van der Waals surface area contributed by atoms with E-state index in [4.69, 9.17) is 9.47 Å². The standard InChI is InChI=1S/C31H31N3O4/c1-19(33-34-30(35)29(37-2)21-8-5-4-6-9-21)23-16-17-27-26(18-23)24-10-7-11-25(24)28(32-27)20-12-14-22(15-13-20)31(36)38-3/h4-10,12-18,24-25,28-29,32H,11H2,1-3H3,(H,34,35)/b33-19+/t24-,25+,28+,29?/m1/s1. The third-order valence-corrected chi connectivity index (χ3v) is 7.38. The second kappa shape index (κ2) is 11.0. The molecule has 7 nitrogen and oxygen atoms in total. The van der Waals surface area contributed by atoms with E-state index in [1.807, 2.05) is 67.6 Å². The van der Waals surface area contributed by atoms with Crippen LogP contribution in [0.15, 0.2) is 90.0 Å². The third-order valence-electron chi connectivity index (χ3n) is 7.38. The highest BCUT2D eigenvalue weighted by atomic mass is 16.5. The lowest BCUT2D eigenvalue weighted by atomic mass is 9.76. The van der Waals surface area contributed by atoms with E-state index in [1.54, 1.807) is 0 Å². The van der Waals surface area contributed by atoms with Crippen molar-refractivity contribution in [3.8, 4) is 0 Å². The van der Waals surface area contributed by atoms with Crippen LogP contribution >= 0.6 is 0 Å². The minimum atomic E-state index is -0.733. The lowest BCUT2D eigenvalue weighted by Crippen LogP contribution is -2.29. The molecule has 4 atom stereocenters. The van der Waals surface area contributed by atoms with E-state index in [0.717, 1.165) is 28.8 Å². The highest BCUT2D eigenvalue weighted by Gasteiger charge is 2.38. The topological polar surface area (TPSA) is 89.0 Å². The lowest BCUT2D eigenvalue weighted by molar-refractivity contribution is -0.131. The van der Waals surface area contributed by atoms with E-state index in [0.29, 0.717) is 17.2 Å². The van der Waals surface area contributed by atoms with Crippen LogP contribution in [-0.4, -0.2) is 31.8 Å². The minimum Gasteiger partial charge on any atom is -0.465 e. The van der Waals surface area contributed by atoms with Crippen LogP contribution in [-0.2, 0) is 14.3 Å². The van der Waals surface area contributed by atoms with E-state index >= 15 is 0 Å². The van der Waals surface area contributed by atoms with Crippen molar-refractivity contribution in [2.75, 3.05) is 19.5 Å². The van der Waals surface area contributed by atoms with Gasteiger partial charge in [0.2, 0.25) is 0 Å². The van der Waals surface area contributed by atoms with E-state index < -0.39 is 6.10 Å². The number of nitrogens with one attached hydrogen (secondary N) is 2. The van der Waals surface area contributed by atoms with Crippen LogP contribution in [0.25, 0.3) is 0 Å². The molecule has 1 heterocycles. The number of fused-ring (bicyclic) bond motifs is 3. The number of hydrogen-bond acceptors (Lipinski definition) is 6. The summed E-state index contributed by atoms with van der Waals surface area (Å²) in [6.45, 7) is 1.89. The summed E-state index contributed by atoms with van der Waals surface area (Å²) in [6.07, 6.45) is 4.75. The Morgan fingerprint density at radius 2 is 1.74 bits per heavy atom. The maximum absolute atomic E-state index is 12.8. The van der Waals surface area contributed by atoms with Gasteiger partial charge in [0.15, 0.2) is 6.10 Å². The van der Waals surface area contributed by atoms with Gasteiger partial charge in [0.05, 0.1) is 24.4 Å². The fraction of sp³-hybridized carbons (Fsp3) is 0.258. The van der Waals surface area contributed by atoms with Crippen molar-refractivity contribution in [1.29, 1.82) is 0 Å². The number of amides is 1. The summed E-state index contributed by atoms with van der Waals surface area (Å²) in [5.41, 5.74) is 9.05. The minimum absolute atomic E-state index is 0.123. The van der Waals surface area contributed by atoms with Gasteiger partial charge in [-0.25, -0.2) is 10.2 Å². The maximum Gasteiger partial charge on any atom is 0.337 e. The quantitative estimate of drug-likeness (QED) is 0.189. The summed E-state index contributed by atoms with van der Waals surface area (Å²) in [5, 5.41) is 8.10. The van der Waals surface area contributed by atoms with Crippen molar-refractivity contribution >= 4 is 23.3 Å². The normalized spacial score (nSPS) is 20.6. The molecule has 5 rings (SSSR count). The van der Waals surface area contributed by atoms with Gasteiger partial charge in [-0.1, -0.05) is 60.7 Å². The molecule has 0 fully saturated rings. The van der Waals surface area contributed by atoms with Crippen LogP contribution in [0.4, 0.5) is 5.69 Å². The van der Waals surface area contributed by atoms with Crippen molar-refractivity contribution in [3.05, 3.63) is 113 Å². The Morgan fingerprint density at radius 1 is 1.00 bits per heavy atom. The first-order valence-electron chi connectivity index (χ1n) is 12.7. The molecule has 1 amide bonds. The number of benzene rings is 3. The number of ether oxygens (including phenoxy) is 2. The van der Waals surface area contributed by atoms with Crippen LogP contribution in [0.5, 0.6) is 0 Å². The molecule has 3 aromatic carbocycles. The van der Waals surface area contributed by atoms with Gasteiger partial charge in [-0.05, 0) is 65.8 Å². The van der Waals surface area contributed by atoms with Crippen LogP contribution in [0.3, 0.4) is 0 Å². The van der Waals surface area contributed by atoms with Gasteiger partial charge in [-0.2, -0.15) is 5.10 Å². The first-order valence-corrected chi connectivity index (χ1v) is 12.7. The average Bonchev–Trinajstić information content (AvgIpc) is 3.46. The molecule has 2 N–H and O–H groups in total. The molecule has 0 radical (unpaired) electrons. The Hall–Kier alpha value is -4.23. The van der Waals surface area contributed by atoms with Gasteiger partial charge in [-0.3, -0.25) is 4.79 Å². The highest BCUT2D eigenvalue weighted by molar-refractivity contribution is 6.00. The number of allylic oxidation sites excluding steroid dienone is 2. The molecule has 0 bridgehead atoms. The van der Waals surface area contributed by atoms with E-state index in [9.17, 15) is 9.59 Å². The maximum atomic E-state index is 12.8. The molecule has 1 aliphatic heterocycles. The van der Waals surface area contributed by atoms with Gasteiger partial charge >= 0.3 is 5.97 Å². The van der Waals surface area contributed by atoms with Crippen LogP contribution in [0.1, 0.15) is 64.0 Å². The number of carbonyl (C=O) groups is 2. The first-order chi connectivity index (χ1) is 18.5. The summed E-state index contributed by atoms with van der Waals surface area (Å²) >= 11 is 0. The van der Waals surface area contributed by atoms with Gasteiger partial charge < -0.3 is 14.8 Å². The number of anilines is 1. The Morgan fingerprint density at radius 3 is 2.45 bits per heavy atom. The Labute approximate surface area is 222 Å². The predicted octanol–water partition coefficient (Wildman–Crippen LogP) is 5.53. The average molecular weight is 510 g/mol. The molecule has 0 spiro atoms. The third kappa shape index (κ3) is 4.97. The number of carbonyl (C=O) groups excluding carboxylic acids is 2. The summed E-state index contributed by atoms with van der Waals surface area (Å²) in [6, 6.07) is 23.4. The SMILES string of the molecule is COC(=O)c1ccc([C@@H]2Nc3ccc(/C(C)=N/NC(=O)C(OC)c4ccccc4)cc3[C@@H]3C=CC[C@@H]32)cc1. The summed E-state index contributed by atoms with van der Waals surface area (Å²) in [4.78, 5) is 24.6. The Balaban J connectivity index is 1.35. The Kier molecular flexibility index (Phi) is 7.38. The number of rotatable bonds is 7. The number of hydrazone groups is 1. The van der Waals surface area contributed by atoms with Crippen LogP contribution < -0.4 is 10.7 Å². The van der Waals surface area contributed by atoms with Gasteiger partial charge in [0.25, 0.3) is 5.91 Å². The number of esters is 1. The van der Waals surface area contributed by atoms with Crippen molar-refractivity contribution in [3.63, 3.8) is 0 Å². The second-order valence-corrected chi connectivity index (χ2v) is 9.59. The fourth-order valence-electron chi connectivity index (χ4n) is 5.38. The van der Waals surface area contributed by atoms with Gasteiger partial charge in [0.1, 0.15) is 0 Å². The molecule has 2 aliphatic rings. The predicted molar refractivity (Wildman–Crippen MR) is 147 cm³/mol. The smallest absolute Gasteiger partial charge is 0.337 e. The number of nitrogens with zero attached hydrogens (tertiary/aromatic N) is 1. The zero-order valence-corrected chi connectivity index (χ0v) is 21.7. The largest absolute Gasteiger partial charge is 0.465 e. The first kappa shape index (κ1) is 25.4. The molecular weight excluding hydrogens is 478 g/mol. The second-order valence-electron chi connectivity index (χ2n) is 9.59. The molecule has 0 aromatic heterocycles. The molecule has 3 aromatic rings. The van der Waals surface area contributed by atoms with Gasteiger partial charge in [0, 0.05) is 18.7 Å². The summed E-state index contributed by atoms with van der Waals surface area (Å²) in [7, 11) is 2.90. The van der Waals surface area contributed by atoms with Crippen molar-refractivity contribution in [2.24, 2.45) is 11.0 Å². The van der Waals surface area contributed by atoms with Gasteiger partial charge in [-0.15, -0.1) is 0 Å².